The van der Waals surface area contributed by atoms with Crippen molar-refractivity contribution in [3.8, 4) is 0 Å². The minimum atomic E-state index is -4.53. The SMILES string of the molecule is O=C(Nc1cc(C(F)(F)F)ccc1N1CCCC1)c1cc(F)ccc1Br. The average Bonchev–Trinajstić information content (AvgIpc) is 3.10. The van der Waals surface area contributed by atoms with Crippen molar-refractivity contribution in [2.75, 3.05) is 23.3 Å². The number of nitrogens with zero attached hydrogens (tertiary/aromatic N) is 1. The van der Waals surface area contributed by atoms with Crippen molar-refractivity contribution in [2.24, 2.45) is 0 Å². The van der Waals surface area contributed by atoms with Crippen LogP contribution in [-0.2, 0) is 6.18 Å². The number of carbonyl (C=O) groups excluding carboxylic acids is 1. The van der Waals surface area contributed by atoms with Crippen molar-refractivity contribution in [2.45, 2.75) is 19.0 Å². The first kappa shape index (κ1) is 18.7. The van der Waals surface area contributed by atoms with Gasteiger partial charge in [0.1, 0.15) is 5.82 Å². The highest BCUT2D eigenvalue weighted by atomic mass is 79.9. The number of carbonyl (C=O) groups is 1. The number of rotatable bonds is 3. The second-order valence-corrected chi connectivity index (χ2v) is 6.86. The van der Waals surface area contributed by atoms with Crippen LogP contribution >= 0.6 is 15.9 Å². The molecule has 3 nitrogen and oxygen atoms in total. The smallest absolute Gasteiger partial charge is 0.370 e. The van der Waals surface area contributed by atoms with E-state index in [1.54, 1.807) is 0 Å². The number of nitrogens with one attached hydrogen (secondary N) is 1. The summed E-state index contributed by atoms with van der Waals surface area (Å²) in [5.74, 6) is -1.29. The number of hydrogen-bond donors (Lipinski definition) is 1. The fraction of sp³-hybridized carbons (Fsp3) is 0.278. The minimum Gasteiger partial charge on any atom is -0.370 e. The lowest BCUT2D eigenvalue weighted by Crippen LogP contribution is -2.22. The molecule has 0 aromatic heterocycles. The van der Waals surface area contributed by atoms with E-state index in [1.807, 2.05) is 4.90 Å². The highest BCUT2D eigenvalue weighted by Gasteiger charge is 2.32. The highest BCUT2D eigenvalue weighted by molar-refractivity contribution is 9.10. The standard InChI is InChI=1S/C18H15BrF4N2O/c19-14-5-4-12(20)10-13(14)17(26)24-15-9-11(18(21,22)23)3-6-16(15)25-7-1-2-8-25/h3-6,9-10H,1-2,7-8H2,(H,24,26). The molecule has 138 valence electrons. The van der Waals surface area contributed by atoms with Crippen LogP contribution in [0.1, 0.15) is 28.8 Å². The van der Waals surface area contributed by atoms with Gasteiger partial charge in [0.25, 0.3) is 5.91 Å². The van der Waals surface area contributed by atoms with Gasteiger partial charge in [0.15, 0.2) is 0 Å². The molecule has 0 aliphatic carbocycles. The summed E-state index contributed by atoms with van der Waals surface area (Å²) in [6, 6.07) is 6.87. The molecule has 26 heavy (non-hydrogen) atoms. The quantitative estimate of drug-likeness (QED) is 0.655. The molecule has 1 N–H and O–H groups in total. The van der Waals surface area contributed by atoms with E-state index < -0.39 is 23.5 Å². The summed E-state index contributed by atoms with van der Waals surface area (Å²) in [5, 5.41) is 2.51. The maximum atomic E-state index is 13.4. The highest BCUT2D eigenvalue weighted by Crippen LogP contribution is 2.37. The Labute approximate surface area is 156 Å². The van der Waals surface area contributed by atoms with Crippen molar-refractivity contribution >= 4 is 33.2 Å². The Balaban J connectivity index is 1.98. The summed E-state index contributed by atoms with van der Waals surface area (Å²) in [7, 11) is 0. The molecule has 1 saturated heterocycles. The molecule has 0 bridgehead atoms. The van der Waals surface area contributed by atoms with E-state index in [2.05, 4.69) is 21.2 Å². The first-order valence-corrected chi connectivity index (χ1v) is 8.77. The lowest BCUT2D eigenvalue weighted by molar-refractivity contribution is -0.137. The Morgan fingerprint density at radius 2 is 1.77 bits per heavy atom. The predicted molar refractivity (Wildman–Crippen MR) is 94.9 cm³/mol. The molecule has 1 aliphatic heterocycles. The second kappa shape index (κ2) is 7.26. The molecule has 0 atom stereocenters. The summed E-state index contributed by atoms with van der Waals surface area (Å²) in [5.41, 5.74) is -0.261. The van der Waals surface area contributed by atoms with Crippen LogP contribution in [0.3, 0.4) is 0 Å². The molecule has 1 heterocycles. The Kier molecular flexibility index (Phi) is 5.22. The third kappa shape index (κ3) is 4.00. The third-order valence-electron chi connectivity index (χ3n) is 4.19. The second-order valence-electron chi connectivity index (χ2n) is 6.00. The zero-order valence-corrected chi connectivity index (χ0v) is 15.1. The lowest BCUT2D eigenvalue weighted by Gasteiger charge is -2.23. The molecule has 1 amide bonds. The van der Waals surface area contributed by atoms with E-state index >= 15 is 0 Å². The van der Waals surface area contributed by atoms with Crippen molar-refractivity contribution in [3.63, 3.8) is 0 Å². The molecule has 3 rings (SSSR count). The Morgan fingerprint density at radius 3 is 2.42 bits per heavy atom. The van der Waals surface area contributed by atoms with E-state index in [9.17, 15) is 22.4 Å². The first-order valence-electron chi connectivity index (χ1n) is 7.98. The zero-order valence-electron chi connectivity index (χ0n) is 13.5. The van der Waals surface area contributed by atoms with E-state index in [1.165, 1.54) is 18.2 Å². The van der Waals surface area contributed by atoms with Crippen LogP contribution in [0.2, 0.25) is 0 Å². The molecule has 0 radical (unpaired) electrons. The van der Waals surface area contributed by atoms with E-state index in [-0.39, 0.29) is 11.3 Å². The van der Waals surface area contributed by atoms with E-state index in [4.69, 9.17) is 0 Å². The predicted octanol–water partition coefficient (Wildman–Crippen LogP) is 5.46. The monoisotopic (exact) mass is 430 g/mol. The van der Waals surface area contributed by atoms with Gasteiger partial charge in [-0.1, -0.05) is 0 Å². The van der Waals surface area contributed by atoms with E-state index in [0.717, 1.165) is 31.0 Å². The molecule has 0 saturated carbocycles. The number of anilines is 2. The zero-order chi connectivity index (χ0) is 18.9. The summed E-state index contributed by atoms with van der Waals surface area (Å²) in [6.07, 6.45) is -2.66. The molecular weight excluding hydrogens is 416 g/mol. The van der Waals surface area contributed by atoms with Crippen LogP contribution in [0, 0.1) is 5.82 Å². The molecule has 1 fully saturated rings. The van der Waals surface area contributed by atoms with Gasteiger partial charge in [-0.25, -0.2) is 4.39 Å². The van der Waals surface area contributed by atoms with Gasteiger partial charge in [0.05, 0.1) is 22.5 Å². The van der Waals surface area contributed by atoms with Gasteiger partial charge < -0.3 is 10.2 Å². The minimum absolute atomic E-state index is 0.00906. The molecule has 2 aromatic rings. The normalized spacial score (nSPS) is 14.6. The Hall–Kier alpha value is -2.09. The Bertz CT molecular complexity index is 832. The summed E-state index contributed by atoms with van der Waals surface area (Å²) in [6.45, 7) is 1.41. The summed E-state index contributed by atoms with van der Waals surface area (Å²) < 4.78 is 53.0. The third-order valence-corrected chi connectivity index (χ3v) is 4.88. The van der Waals surface area contributed by atoms with Crippen LogP contribution in [0.4, 0.5) is 28.9 Å². The number of amides is 1. The first-order chi connectivity index (χ1) is 12.3. The van der Waals surface area contributed by atoms with Crippen LogP contribution in [0.5, 0.6) is 0 Å². The van der Waals surface area contributed by atoms with Crippen LogP contribution in [0.25, 0.3) is 0 Å². The largest absolute Gasteiger partial charge is 0.416 e. The molecule has 0 spiro atoms. The van der Waals surface area contributed by atoms with Crippen LogP contribution in [0.15, 0.2) is 40.9 Å². The average molecular weight is 431 g/mol. The lowest BCUT2D eigenvalue weighted by atomic mass is 10.1. The summed E-state index contributed by atoms with van der Waals surface area (Å²) >= 11 is 3.16. The fourth-order valence-corrected chi connectivity index (χ4v) is 3.33. The van der Waals surface area contributed by atoms with Gasteiger partial charge in [-0.05, 0) is 65.2 Å². The molecule has 2 aromatic carbocycles. The van der Waals surface area contributed by atoms with Gasteiger partial charge in [-0.15, -0.1) is 0 Å². The van der Waals surface area contributed by atoms with Gasteiger partial charge in [0, 0.05) is 17.6 Å². The van der Waals surface area contributed by atoms with Gasteiger partial charge in [0.2, 0.25) is 0 Å². The molecular formula is C18H15BrF4N2O. The van der Waals surface area contributed by atoms with Crippen LogP contribution < -0.4 is 10.2 Å². The number of alkyl halides is 3. The molecule has 0 unspecified atom stereocenters. The number of hydrogen-bond acceptors (Lipinski definition) is 2. The van der Waals surface area contributed by atoms with Gasteiger partial charge >= 0.3 is 6.18 Å². The summed E-state index contributed by atoms with van der Waals surface area (Å²) in [4.78, 5) is 14.4. The van der Waals surface area contributed by atoms with Crippen molar-refractivity contribution in [3.05, 3.63) is 57.8 Å². The number of benzene rings is 2. The maximum absolute atomic E-state index is 13.4. The molecule has 8 heteroatoms. The Morgan fingerprint density at radius 1 is 1.08 bits per heavy atom. The van der Waals surface area contributed by atoms with Crippen molar-refractivity contribution < 1.29 is 22.4 Å². The molecule has 1 aliphatic rings. The maximum Gasteiger partial charge on any atom is 0.416 e. The fourth-order valence-electron chi connectivity index (χ4n) is 2.91. The van der Waals surface area contributed by atoms with Gasteiger partial charge in [-0.2, -0.15) is 13.2 Å². The van der Waals surface area contributed by atoms with Crippen LogP contribution in [-0.4, -0.2) is 19.0 Å². The van der Waals surface area contributed by atoms with E-state index in [0.29, 0.717) is 23.2 Å². The van der Waals surface area contributed by atoms with Gasteiger partial charge in [-0.3, -0.25) is 4.79 Å². The van der Waals surface area contributed by atoms with Crippen molar-refractivity contribution in [1.29, 1.82) is 0 Å². The van der Waals surface area contributed by atoms with Crippen molar-refractivity contribution in [1.82, 2.24) is 0 Å². The topological polar surface area (TPSA) is 32.3 Å². The number of halogens is 5.